The standard InChI is InChI=1S/C18H24N4OS/c1-14-20-15(13-24-14)12-21-7-4-17-18(5-8-21)23-10-9-22(17)16-3-2-6-19-11-16/h2-3,6,11,13,17-18H,4-5,7-10,12H2,1H3. The summed E-state index contributed by atoms with van der Waals surface area (Å²) in [4.78, 5) is 13.9. The quantitative estimate of drug-likeness (QED) is 0.856. The van der Waals surface area contributed by atoms with Crippen LogP contribution in [0.5, 0.6) is 0 Å². The largest absolute Gasteiger partial charge is 0.374 e. The number of nitrogens with zero attached hydrogens (tertiary/aromatic N) is 4. The van der Waals surface area contributed by atoms with E-state index in [1.54, 1.807) is 11.3 Å². The molecule has 2 atom stereocenters. The molecule has 0 amide bonds. The van der Waals surface area contributed by atoms with E-state index in [2.05, 4.69) is 38.1 Å². The van der Waals surface area contributed by atoms with Gasteiger partial charge in [-0.2, -0.15) is 0 Å². The van der Waals surface area contributed by atoms with Crippen molar-refractivity contribution in [1.29, 1.82) is 0 Å². The van der Waals surface area contributed by atoms with Crippen molar-refractivity contribution in [3.05, 3.63) is 40.6 Å². The predicted molar refractivity (Wildman–Crippen MR) is 96.5 cm³/mol. The third kappa shape index (κ3) is 3.45. The molecule has 24 heavy (non-hydrogen) atoms. The second-order valence-electron chi connectivity index (χ2n) is 6.59. The number of aryl methyl sites for hydroxylation is 1. The molecular formula is C18H24N4OS. The normalized spacial score (nSPS) is 25.3. The Kier molecular flexibility index (Phi) is 4.78. The summed E-state index contributed by atoms with van der Waals surface area (Å²) in [6, 6.07) is 4.63. The van der Waals surface area contributed by atoms with Crippen LogP contribution in [0.4, 0.5) is 5.69 Å². The fraction of sp³-hybridized carbons (Fsp3) is 0.556. The van der Waals surface area contributed by atoms with Gasteiger partial charge in [-0.25, -0.2) is 4.98 Å². The minimum Gasteiger partial charge on any atom is -0.374 e. The van der Waals surface area contributed by atoms with Crippen molar-refractivity contribution in [1.82, 2.24) is 14.9 Å². The molecule has 0 saturated carbocycles. The van der Waals surface area contributed by atoms with Crippen LogP contribution in [0.1, 0.15) is 23.5 Å². The van der Waals surface area contributed by atoms with Gasteiger partial charge in [0, 0.05) is 37.8 Å². The highest BCUT2D eigenvalue weighted by atomic mass is 32.1. The number of anilines is 1. The van der Waals surface area contributed by atoms with E-state index in [0.29, 0.717) is 12.1 Å². The number of aromatic nitrogens is 2. The summed E-state index contributed by atoms with van der Waals surface area (Å²) in [6.45, 7) is 6.97. The van der Waals surface area contributed by atoms with Crippen LogP contribution in [0.2, 0.25) is 0 Å². The first kappa shape index (κ1) is 16.0. The van der Waals surface area contributed by atoms with E-state index in [0.717, 1.165) is 50.6 Å². The molecule has 2 aliphatic heterocycles. The van der Waals surface area contributed by atoms with Gasteiger partial charge in [0.25, 0.3) is 0 Å². The lowest BCUT2D eigenvalue weighted by Crippen LogP contribution is -2.51. The zero-order valence-electron chi connectivity index (χ0n) is 14.1. The van der Waals surface area contributed by atoms with Gasteiger partial charge in [0.05, 0.1) is 41.3 Å². The predicted octanol–water partition coefficient (Wildman–Crippen LogP) is 2.72. The third-order valence-corrected chi connectivity index (χ3v) is 5.82. The Morgan fingerprint density at radius 2 is 2.21 bits per heavy atom. The van der Waals surface area contributed by atoms with Crippen molar-refractivity contribution in [2.24, 2.45) is 0 Å². The number of hydrogen-bond donors (Lipinski definition) is 0. The highest BCUT2D eigenvalue weighted by molar-refractivity contribution is 7.09. The van der Waals surface area contributed by atoms with Gasteiger partial charge >= 0.3 is 0 Å². The van der Waals surface area contributed by atoms with E-state index in [4.69, 9.17) is 4.74 Å². The molecule has 2 aromatic rings. The molecule has 128 valence electrons. The lowest BCUT2D eigenvalue weighted by atomic mass is 10.0. The molecule has 0 N–H and O–H groups in total. The molecule has 5 nitrogen and oxygen atoms in total. The van der Waals surface area contributed by atoms with Crippen LogP contribution in [0.3, 0.4) is 0 Å². The second kappa shape index (κ2) is 7.17. The summed E-state index contributed by atoms with van der Waals surface area (Å²) < 4.78 is 6.11. The fourth-order valence-corrected chi connectivity index (χ4v) is 4.45. The lowest BCUT2D eigenvalue weighted by Gasteiger charge is -2.41. The average Bonchev–Trinajstić information content (AvgIpc) is 2.91. The molecule has 2 aliphatic rings. The maximum atomic E-state index is 6.11. The van der Waals surface area contributed by atoms with E-state index in [1.165, 1.54) is 11.4 Å². The molecule has 0 spiro atoms. The Bertz CT molecular complexity index is 662. The van der Waals surface area contributed by atoms with Crippen LogP contribution in [0, 0.1) is 6.92 Å². The summed E-state index contributed by atoms with van der Waals surface area (Å²) in [7, 11) is 0. The van der Waals surface area contributed by atoms with Crippen LogP contribution in [0.25, 0.3) is 0 Å². The summed E-state index contributed by atoms with van der Waals surface area (Å²) in [5.74, 6) is 0. The Balaban J connectivity index is 1.45. The zero-order chi connectivity index (χ0) is 16.4. The smallest absolute Gasteiger partial charge is 0.0897 e. The first-order chi connectivity index (χ1) is 11.8. The number of morpholine rings is 1. The Hall–Kier alpha value is -1.50. The Morgan fingerprint density at radius 1 is 1.29 bits per heavy atom. The van der Waals surface area contributed by atoms with Crippen LogP contribution >= 0.6 is 11.3 Å². The van der Waals surface area contributed by atoms with Gasteiger partial charge in [-0.15, -0.1) is 11.3 Å². The number of rotatable bonds is 3. The van der Waals surface area contributed by atoms with Crippen molar-refractivity contribution in [3.63, 3.8) is 0 Å². The highest BCUT2D eigenvalue weighted by Crippen LogP contribution is 2.28. The van der Waals surface area contributed by atoms with E-state index < -0.39 is 0 Å². The van der Waals surface area contributed by atoms with Gasteiger partial charge in [0.2, 0.25) is 0 Å². The molecule has 4 heterocycles. The number of hydrogen-bond acceptors (Lipinski definition) is 6. The number of pyridine rings is 1. The zero-order valence-corrected chi connectivity index (χ0v) is 14.9. The number of ether oxygens (including phenoxy) is 1. The number of thiazole rings is 1. The lowest BCUT2D eigenvalue weighted by molar-refractivity contribution is 0.00892. The topological polar surface area (TPSA) is 41.5 Å². The molecule has 2 unspecified atom stereocenters. The Labute approximate surface area is 147 Å². The minimum atomic E-state index is 0.320. The van der Waals surface area contributed by atoms with Crippen molar-refractivity contribution in [3.8, 4) is 0 Å². The second-order valence-corrected chi connectivity index (χ2v) is 7.65. The van der Waals surface area contributed by atoms with Crippen LogP contribution < -0.4 is 4.90 Å². The summed E-state index contributed by atoms with van der Waals surface area (Å²) in [5, 5.41) is 3.34. The SMILES string of the molecule is Cc1nc(CN2CCC3OCCN(c4cccnc4)C3CC2)cs1. The van der Waals surface area contributed by atoms with Crippen LogP contribution in [0.15, 0.2) is 29.9 Å². The van der Waals surface area contributed by atoms with Gasteiger partial charge in [0.1, 0.15) is 0 Å². The third-order valence-electron chi connectivity index (χ3n) is 4.99. The summed E-state index contributed by atoms with van der Waals surface area (Å²) in [6.07, 6.45) is 6.35. The number of fused-ring (bicyclic) bond motifs is 1. The number of likely N-dealkylation sites (tertiary alicyclic amines) is 1. The molecule has 2 saturated heterocycles. The molecule has 0 aromatic carbocycles. The molecule has 4 rings (SSSR count). The van der Waals surface area contributed by atoms with Crippen molar-refractivity contribution < 1.29 is 4.74 Å². The highest BCUT2D eigenvalue weighted by Gasteiger charge is 2.35. The Morgan fingerprint density at radius 3 is 3.00 bits per heavy atom. The van der Waals surface area contributed by atoms with Gasteiger partial charge < -0.3 is 9.64 Å². The first-order valence-electron chi connectivity index (χ1n) is 8.71. The first-order valence-corrected chi connectivity index (χ1v) is 9.59. The van der Waals surface area contributed by atoms with E-state index in [9.17, 15) is 0 Å². The summed E-state index contributed by atoms with van der Waals surface area (Å²) in [5.41, 5.74) is 2.42. The van der Waals surface area contributed by atoms with Crippen LogP contribution in [-0.4, -0.2) is 53.3 Å². The van der Waals surface area contributed by atoms with E-state index >= 15 is 0 Å². The molecule has 0 bridgehead atoms. The molecule has 0 radical (unpaired) electrons. The van der Waals surface area contributed by atoms with Gasteiger partial charge in [-0.1, -0.05) is 0 Å². The molecule has 6 heteroatoms. The van der Waals surface area contributed by atoms with Crippen LogP contribution in [-0.2, 0) is 11.3 Å². The van der Waals surface area contributed by atoms with Gasteiger partial charge in [-0.3, -0.25) is 9.88 Å². The maximum absolute atomic E-state index is 6.11. The molecule has 2 fully saturated rings. The van der Waals surface area contributed by atoms with E-state index in [-0.39, 0.29) is 0 Å². The van der Waals surface area contributed by atoms with Crippen molar-refractivity contribution in [2.75, 3.05) is 31.1 Å². The fourth-order valence-electron chi connectivity index (χ4n) is 3.85. The maximum Gasteiger partial charge on any atom is 0.0897 e. The van der Waals surface area contributed by atoms with Crippen molar-refractivity contribution >= 4 is 17.0 Å². The summed E-state index contributed by atoms with van der Waals surface area (Å²) >= 11 is 1.74. The molecule has 0 aliphatic carbocycles. The average molecular weight is 344 g/mol. The molecule has 2 aromatic heterocycles. The van der Waals surface area contributed by atoms with Crippen molar-refractivity contribution in [2.45, 2.75) is 38.5 Å². The van der Waals surface area contributed by atoms with Gasteiger partial charge in [-0.05, 0) is 31.9 Å². The van der Waals surface area contributed by atoms with E-state index in [1.807, 2.05) is 18.5 Å². The monoisotopic (exact) mass is 344 g/mol. The molecular weight excluding hydrogens is 320 g/mol. The minimum absolute atomic E-state index is 0.320. The van der Waals surface area contributed by atoms with Gasteiger partial charge in [0.15, 0.2) is 0 Å².